The fourth-order valence-corrected chi connectivity index (χ4v) is 5.61. The van der Waals surface area contributed by atoms with Crippen LogP contribution in [0.25, 0.3) is 11.3 Å². The number of pyridine rings is 1. The summed E-state index contributed by atoms with van der Waals surface area (Å²) in [6.45, 7) is 1.57. The first-order valence-corrected chi connectivity index (χ1v) is 12.1. The van der Waals surface area contributed by atoms with E-state index in [0.29, 0.717) is 24.2 Å². The molecule has 0 saturated carbocycles. The molecule has 0 spiro atoms. The van der Waals surface area contributed by atoms with E-state index in [1.807, 2.05) is 0 Å². The van der Waals surface area contributed by atoms with Crippen molar-refractivity contribution in [1.82, 2.24) is 25.4 Å². The maximum absolute atomic E-state index is 14.2. The minimum Gasteiger partial charge on any atom is -0.367 e. The number of H-pyrrole nitrogens is 1. The van der Waals surface area contributed by atoms with E-state index in [9.17, 15) is 27.2 Å². The number of aromatic amines is 1. The highest BCUT2D eigenvalue weighted by atomic mass is 19.4. The van der Waals surface area contributed by atoms with Crippen LogP contribution in [0.1, 0.15) is 54.7 Å². The summed E-state index contributed by atoms with van der Waals surface area (Å²) in [5, 5.41) is 9.68. The average molecular weight is 510 g/mol. The average Bonchev–Trinajstić information content (AvgIpc) is 3.42. The van der Waals surface area contributed by atoms with Gasteiger partial charge in [0.2, 0.25) is 5.91 Å². The van der Waals surface area contributed by atoms with Crippen molar-refractivity contribution in [2.75, 3.05) is 6.61 Å². The minimum atomic E-state index is -4.39. The molecule has 12 heteroatoms. The highest BCUT2D eigenvalue weighted by Gasteiger charge is 2.47. The lowest BCUT2D eigenvalue weighted by molar-refractivity contribution is -0.232. The third-order valence-electron chi connectivity index (χ3n) is 7.40. The number of alkyl halides is 3. The number of ether oxygens (including phenoxy) is 1. The topological polar surface area (TPSA) is 100 Å². The molecule has 5 rings (SSSR count). The van der Waals surface area contributed by atoms with E-state index in [4.69, 9.17) is 4.74 Å². The zero-order chi connectivity index (χ0) is 25.6. The first kappa shape index (κ1) is 24.7. The van der Waals surface area contributed by atoms with Crippen molar-refractivity contribution in [2.45, 2.75) is 75.9 Å². The van der Waals surface area contributed by atoms with Gasteiger partial charge in [0.15, 0.2) is 11.9 Å². The molecule has 8 nitrogen and oxygen atoms in total. The summed E-state index contributed by atoms with van der Waals surface area (Å²) in [5.41, 5.74) is 1.44. The summed E-state index contributed by atoms with van der Waals surface area (Å²) in [6, 6.07) is 2.38. The first-order chi connectivity index (χ1) is 17.1. The molecule has 5 heterocycles. The molecule has 2 amide bonds. The van der Waals surface area contributed by atoms with Crippen molar-refractivity contribution in [2.24, 2.45) is 5.92 Å². The largest absolute Gasteiger partial charge is 0.414 e. The summed E-state index contributed by atoms with van der Waals surface area (Å²) < 4.78 is 57.5. The van der Waals surface area contributed by atoms with Crippen molar-refractivity contribution < 1.29 is 31.9 Å². The molecule has 2 N–H and O–H groups in total. The summed E-state index contributed by atoms with van der Waals surface area (Å²) >= 11 is 0. The highest BCUT2D eigenvalue weighted by molar-refractivity contribution is 5.94. The molecule has 0 aromatic carbocycles. The lowest BCUT2D eigenvalue weighted by atomic mass is 9.89. The van der Waals surface area contributed by atoms with E-state index < -0.39 is 24.1 Å². The molecule has 2 aromatic heterocycles. The van der Waals surface area contributed by atoms with Gasteiger partial charge in [0.1, 0.15) is 5.69 Å². The molecule has 2 aromatic rings. The number of rotatable bonds is 4. The maximum Gasteiger partial charge on any atom is 0.414 e. The standard InChI is InChI=1S/C24H27F4N5O3/c1-12-6-17(18(25)10-29-12)19-9-20(32-31-19)23(35)33-15-3-4-16(33)8-13(7-15)22(34)30-14-2-5-21(36-11-14)24(26,27)28/h6,9-10,13-16,21H,2-5,7-8,11H2,1H3,(H,30,34)(H,31,32)/t13?,14-,15-,16+,21-/m0/s1. The molecule has 1 unspecified atom stereocenters. The van der Waals surface area contributed by atoms with Gasteiger partial charge >= 0.3 is 6.18 Å². The Hall–Kier alpha value is -3.02. The number of aryl methyl sites for hydroxylation is 1. The second-order valence-electron chi connectivity index (χ2n) is 9.88. The summed E-state index contributed by atoms with van der Waals surface area (Å²) in [5.74, 6) is -1.30. The quantitative estimate of drug-likeness (QED) is 0.615. The molecular weight excluding hydrogens is 482 g/mol. The van der Waals surface area contributed by atoms with Crippen molar-refractivity contribution in [1.29, 1.82) is 0 Å². The Balaban J connectivity index is 1.20. The SMILES string of the molecule is Cc1cc(-c2cc(C(=O)N3[C@@H]4CC[C@H]3CC(C(=O)N[C@H]3CC[C@@H](C(F)(F)F)OC3)C4)[nH]n2)c(F)cn1. The van der Waals surface area contributed by atoms with Crippen LogP contribution in [0, 0.1) is 18.7 Å². The third-order valence-corrected chi connectivity index (χ3v) is 7.40. The molecule has 3 saturated heterocycles. The third kappa shape index (κ3) is 4.82. The molecule has 0 aliphatic carbocycles. The van der Waals surface area contributed by atoms with Crippen molar-refractivity contribution >= 4 is 11.8 Å². The Morgan fingerprint density at radius 3 is 2.50 bits per heavy atom. The van der Waals surface area contributed by atoms with E-state index in [2.05, 4.69) is 20.5 Å². The highest BCUT2D eigenvalue weighted by Crippen LogP contribution is 2.40. The normalized spacial score (nSPS) is 28.2. The van der Waals surface area contributed by atoms with Gasteiger partial charge in [0.05, 0.1) is 24.5 Å². The van der Waals surface area contributed by atoms with Gasteiger partial charge in [-0.25, -0.2) is 4.39 Å². The van der Waals surface area contributed by atoms with E-state index in [1.54, 1.807) is 17.9 Å². The Morgan fingerprint density at radius 2 is 1.86 bits per heavy atom. The molecule has 2 bridgehead atoms. The lowest BCUT2D eigenvalue weighted by Crippen LogP contribution is -2.52. The second-order valence-corrected chi connectivity index (χ2v) is 9.88. The molecule has 3 fully saturated rings. The molecular formula is C24H27F4N5O3. The second kappa shape index (κ2) is 9.45. The molecule has 0 radical (unpaired) electrons. The number of hydrogen-bond acceptors (Lipinski definition) is 5. The van der Waals surface area contributed by atoms with Crippen LogP contribution in [0.3, 0.4) is 0 Å². The summed E-state index contributed by atoms with van der Waals surface area (Å²) in [4.78, 5) is 31.9. The van der Waals surface area contributed by atoms with Gasteiger partial charge in [-0.3, -0.25) is 19.7 Å². The number of nitrogens with one attached hydrogen (secondary N) is 2. The van der Waals surface area contributed by atoms with Crippen molar-refractivity contribution in [3.8, 4) is 11.3 Å². The van der Waals surface area contributed by atoms with Gasteiger partial charge in [-0.2, -0.15) is 18.3 Å². The van der Waals surface area contributed by atoms with Gasteiger partial charge < -0.3 is 15.0 Å². The molecule has 36 heavy (non-hydrogen) atoms. The van der Waals surface area contributed by atoms with Crippen LogP contribution >= 0.6 is 0 Å². The van der Waals surface area contributed by atoms with Crippen molar-refractivity contribution in [3.05, 3.63) is 35.5 Å². The monoisotopic (exact) mass is 509 g/mol. The van der Waals surface area contributed by atoms with Crippen LogP contribution in [0.5, 0.6) is 0 Å². The van der Waals surface area contributed by atoms with Crippen LogP contribution in [-0.2, 0) is 9.53 Å². The van der Waals surface area contributed by atoms with Crippen molar-refractivity contribution in [3.63, 3.8) is 0 Å². The Labute approximate surface area is 204 Å². The zero-order valence-corrected chi connectivity index (χ0v) is 19.6. The van der Waals surface area contributed by atoms with Gasteiger partial charge in [0.25, 0.3) is 5.91 Å². The van der Waals surface area contributed by atoms with E-state index in [0.717, 1.165) is 19.0 Å². The first-order valence-electron chi connectivity index (χ1n) is 12.1. The minimum absolute atomic E-state index is 0.129. The number of piperidine rings is 1. The van der Waals surface area contributed by atoms with Crippen LogP contribution in [0.2, 0.25) is 0 Å². The predicted molar refractivity (Wildman–Crippen MR) is 119 cm³/mol. The number of halogens is 4. The number of nitrogens with zero attached hydrogens (tertiary/aromatic N) is 3. The van der Waals surface area contributed by atoms with Crippen LogP contribution in [-0.4, -0.2) is 68.9 Å². The number of aromatic nitrogens is 3. The van der Waals surface area contributed by atoms with Gasteiger partial charge in [-0.1, -0.05) is 0 Å². The maximum atomic E-state index is 14.2. The zero-order valence-electron chi connectivity index (χ0n) is 19.6. The summed E-state index contributed by atoms with van der Waals surface area (Å²) in [7, 11) is 0. The van der Waals surface area contributed by atoms with Gasteiger partial charge in [0, 0.05) is 29.3 Å². The molecule has 5 atom stereocenters. The fraction of sp³-hybridized carbons (Fsp3) is 0.583. The Bertz CT molecular complexity index is 1130. The fourth-order valence-electron chi connectivity index (χ4n) is 5.61. The Kier molecular flexibility index (Phi) is 6.48. The van der Waals surface area contributed by atoms with Gasteiger partial charge in [-0.15, -0.1) is 0 Å². The lowest BCUT2D eigenvalue weighted by Gasteiger charge is -2.39. The van der Waals surface area contributed by atoms with Crippen LogP contribution in [0.4, 0.5) is 17.6 Å². The predicted octanol–water partition coefficient (Wildman–Crippen LogP) is 3.53. The number of fused-ring (bicyclic) bond motifs is 2. The molecule has 3 aliphatic rings. The Morgan fingerprint density at radius 1 is 1.14 bits per heavy atom. The van der Waals surface area contributed by atoms with E-state index in [-0.39, 0.29) is 60.5 Å². The van der Waals surface area contributed by atoms with Crippen LogP contribution < -0.4 is 5.32 Å². The molecule has 194 valence electrons. The number of carbonyl (C=O) groups excluding carboxylic acids is 2. The molecule has 3 aliphatic heterocycles. The van der Waals surface area contributed by atoms with Gasteiger partial charge in [-0.05, 0) is 57.6 Å². The summed E-state index contributed by atoms with van der Waals surface area (Å²) in [6.07, 6.45) is -2.55. The smallest absolute Gasteiger partial charge is 0.367 e. The van der Waals surface area contributed by atoms with E-state index in [1.165, 1.54) is 6.07 Å². The number of hydrogen-bond donors (Lipinski definition) is 2. The van der Waals surface area contributed by atoms with E-state index >= 15 is 0 Å². The number of carbonyl (C=O) groups is 2. The van der Waals surface area contributed by atoms with Crippen LogP contribution in [0.15, 0.2) is 18.3 Å². The number of amides is 2.